The van der Waals surface area contributed by atoms with Gasteiger partial charge in [-0.15, -0.1) is 24.0 Å². The van der Waals surface area contributed by atoms with Crippen molar-refractivity contribution in [3.63, 3.8) is 0 Å². The van der Waals surface area contributed by atoms with Crippen LogP contribution in [0, 0.1) is 0 Å². The predicted octanol–water partition coefficient (Wildman–Crippen LogP) is 2.50. The van der Waals surface area contributed by atoms with E-state index in [0.717, 1.165) is 11.1 Å². The molecule has 6 nitrogen and oxygen atoms in total. The molecule has 2 aromatic carbocycles. The first-order valence-electron chi connectivity index (χ1n) is 9.15. The normalized spacial score (nSPS) is 11.9. The summed E-state index contributed by atoms with van der Waals surface area (Å²) in [6.45, 7) is 3.67. The molecule has 0 saturated carbocycles. The maximum atomic E-state index is 11.9. The average Bonchev–Trinajstić information content (AvgIpc) is 2.72. The molecule has 0 aliphatic carbocycles. The summed E-state index contributed by atoms with van der Waals surface area (Å²) in [7, 11) is 1.71. The SMILES string of the molecule is CCNC(=O)c1cccc(CNC(=NC)NCC(CO)c2ccccc2)c1.I. The van der Waals surface area contributed by atoms with Crippen LogP contribution in [0.1, 0.15) is 34.3 Å². The summed E-state index contributed by atoms with van der Waals surface area (Å²) in [4.78, 5) is 16.2. The van der Waals surface area contributed by atoms with Crippen molar-refractivity contribution in [2.24, 2.45) is 4.99 Å². The molecular weight excluding hydrogens is 467 g/mol. The van der Waals surface area contributed by atoms with E-state index in [4.69, 9.17) is 0 Å². The Bertz CT molecular complexity index is 753. The average molecular weight is 496 g/mol. The number of hydrogen-bond donors (Lipinski definition) is 4. The summed E-state index contributed by atoms with van der Waals surface area (Å²) < 4.78 is 0. The zero-order chi connectivity index (χ0) is 19.5. The van der Waals surface area contributed by atoms with E-state index in [1.807, 2.05) is 55.5 Å². The molecule has 0 radical (unpaired) electrons. The minimum atomic E-state index is -0.0736. The summed E-state index contributed by atoms with van der Waals surface area (Å²) in [5.41, 5.74) is 2.71. The van der Waals surface area contributed by atoms with Gasteiger partial charge < -0.3 is 21.1 Å². The van der Waals surface area contributed by atoms with Crippen LogP contribution in [0.4, 0.5) is 0 Å². The smallest absolute Gasteiger partial charge is 0.251 e. The number of amides is 1. The van der Waals surface area contributed by atoms with E-state index in [1.165, 1.54) is 0 Å². The Hall–Kier alpha value is -2.13. The number of halogens is 1. The predicted molar refractivity (Wildman–Crippen MR) is 124 cm³/mol. The van der Waals surface area contributed by atoms with Gasteiger partial charge in [0, 0.05) is 38.2 Å². The van der Waals surface area contributed by atoms with Gasteiger partial charge in [-0.3, -0.25) is 9.79 Å². The van der Waals surface area contributed by atoms with E-state index in [9.17, 15) is 9.90 Å². The van der Waals surface area contributed by atoms with Crippen LogP contribution in [0.2, 0.25) is 0 Å². The molecular formula is C21H29IN4O2. The molecule has 0 aromatic heterocycles. The molecule has 1 atom stereocenters. The lowest BCUT2D eigenvalue weighted by atomic mass is 10.0. The summed E-state index contributed by atoms with van der Waals surface area (Å²) in [5.74, 6) is 0.564. The van der Waals surface area contributed by atoms with Crippen LogP contribution < -0.4 is 16.0 Å². The van der Waals surface area contributed by atoms with Crippen molar-refractivity contribution >= 4 is 35.8 Å². The molecule has 152 valence electrons. The topological polar surface area (TPSA) is 85.8 Å². The number of nitrogens with zero attached hydrogens (tertiary/aromatic N) is 1. The van der Waals surface area contributed by atoms with E-state index in [0.29, 0.717) is 31.2 Å². The summed E-state index contributed by atoms with van der Waals surface area (Å²) >= 11 is 0. The van der Waals surface area contributed by atoms with Crippen molar-refractivity contribution in [2.45, 2.75) is 19.4 Å². The Kier molecular flexibility index (Phi) is 11.2. The van der Waals surface area contributed by atoms with E-state index < -0.39 is 0 Å². The summed E-state index contributed by atoms with van der Waals surface area (Å²) in [5, 5.41) is 18.9. The zero-order valence-corrected chi connectivity index (χ0v) is 18.6. The Morgan fingerprint density at radius 3 is 2.46 bits per heavy atom. The van der Waals surface area contributed by atoms with Crippen LogP contribution in [0.25, 0.3) is 0 Å². The fourth-order valence-electron chi connectivity index (χ4n) is 2.72. The van der Waals surface area contributed by atoms with Crippen molar-refractivity contribution in [1.82, 2.24) is 16.0 Å². The molecule has 4 N–H and O–H groups in total. The number of hydrogen-bond acceptors (Lipinski definition) is 3. The third-order valence-electron chi connectivity index (χ3n) is 4.22. The molecule has 28 heavy (non-hydrogen) atoms. The highest BCUT2D eigenvalue weighted by molar-refractivity contribution is 14.0. The second-order valence-electron chi connectivity index (χ2n) is 6.16. The molecule has 0 bridgehead atoms. The maximum absolute atomic E-state index is 11.9. The maximum Gasteiger partial charge on any atom is 0.251 e. The van der Waals surface area contributed by atoms with Gasteiger partial charge in [0.05, 0.1) is 6.61 Å². The second kappa shape index (κ2) is 13.1. The minimum absolute atomic E-state index is 0. The van der Waals surface area contributed by atoms with Gasteiger partial charge in [0.15, 0.2) is 5.96 Å². The second-order valence-corrected chi connectivity index (χ2v) is 6.16. The van der Waals surface area contributed by atoms with E-state index in [1.54, 1.807) is 13.1 Å². The van der Waals surface area contributed by atoms with Crippen LogP contribution in [-0.2, 0) is 6.54 Å². The summed E-state index contributed by atoms with van der Waals surface area (Å²) in [6.07, 6.45) is 0. The molecule has 0 heterocycles. The van der Waals surface area contributed by atoms with Crippen LogP contribution in [-0.4, -0.2) is 43.7 Å². The fourth-order valence-corrected chi connectivity index (χ4v) is 2.72. The van der Waals surface area contributed by atoms with E-state index in [2.05, 4.69) is 20.9 Å². The minimum Gasteiger partial charge on any atom is -0.396 e. The lowest BCUT2D eigenvalue weighted by Crippen LogP contribution is -2.39. The molecule has 2 rings (SSSR count). The number of benzene rings is 2. The van der Waals surface area contributed by atoms with Gasteiger partial charge in [0.2, 0.25) is 0 Å². The van der Waals surface area contributed by atoms with E-state index >= 15 is 0 Å². The molecule has 1 amide bonds. The largest absolute Gasteiger partial charge is 0.396 e. The number of aliphatic hydroxyl groups excluding tert-OH is 1. The van der Waals surface area contributed by atoms with Crippen LogP contribution in [0.15, 0.2) is 59.6 Å². The van der Waals surface area contributed by atoms with Crippen LogP contribution >= 0.6 is 24.0 Å². The summed E-state index contributed by atoms with van der Waals surface area (Å²) in [6, 6.07) is 17.4. The molecule has 0 aliphatic rings. The highest BCUT2D eigenvalue weighted by Gasteiger charge is 2.11. The number of aliphatic hydroxyl groups is 1. The first-order chi connectivity index (χ1) is 13.2. The standard InChI is InChI=1S/C21H28N4O2.HI/c1-3-23-20(27)18-11-7-8-16(12-18)13-24-21(22-2)25-14-19(15-26)17-9-5-4-6-10-17;/h4-12,19,26H,3,13-15H2,1-2H3,(H,23,27)(H2,22,24,25);1H. The van der Waals surface area contributed by atoms with Crippen molar-refractivity contribution in [3.8, 4) is 0 Å². The Balaban J connectivity index is 0.00000392. The number of guanidine groups is 1. The Morgan fingerprint density at radius 1 is 1.07 bits per heavy atom. The quantitative estimate of drug-likeness (QED) is 0.257. The van der Waals surface area contributed by atoms with Crippen LogP contribution in [0.5, 0.6) is 0 Å². The van der Waals surface area contributed by atoms with Gasteiger partial charge in [0.25, 0.3) is 5.91 Å². The fraction of sp³-hybridized carbons (Fsp3) is 0.333. The van der Waals surface area contributed by atoms with Crippen LogP contribution in [0.3, 0.4) is 0 Å². The van der Waals surface area contributed by atoms with Gasteiger partial charge in [-0.1, -0.05) is 42.5 Å². The number of carbonyl (C=O) groups excluding carboxylic acids is 1. The lowest BCUT2D eigenvalue weighted by molar-refractivity contribution is 0.0955. The third kappa shape index (κ3) is 7.47. The lowest BCUT2D eigenvalue weighted by Gasteiger charge is -2.18. The zero-order valence-electron chi connectivity index (χ0n) is 16.3. The molecule has 2 aromatic rings. The van der Waals surface area contributed by atoms with Crippen molar-refractivity contribution in [3.05, 3.63) is 71.3 Å². The molecule has 0 fully saturated rings. The van der Waals surface area contributed by atoms with Gasteiger partial charge in [-0.25, -0.2) is 0 Å². The monoisotopic (exact) mass is 496 g/mol. The highest BCUT2D eigenvalue weighted by atomic mass is 127. The van der Waals surface area contributed by atoms with Crippen molar-refractivity contribution in [2.75, 3.05) is 26.7 Å². The number of nitrogens with one attached hydrogen (secondary N) is 3. The highest BCUT2D eigenvalue weighted by Crippen LogP contribution is 2.13. The van der Waals surface area contributed by atoms with Gasteiger partial charge in [0.1, 0.15) is 0 Å². The van der Waals surface area contributed by atoms with Crippen molar-refractivity contribution < 1.29 is 9.90 Å². The molecule has 0 aliphatic heterocycles. The first-order valence-corrected chi connectivity index (χ1v) is 9.15. The van der Waals surface area contributed by atoms with Crippen molar-refractivity contribution in [1.29, 1.82) is 0 Å². The number of carbonyl (C=O) groups is 1. The van der Waals surface area contributed by atoms with Gasteiger partial charge >= 0.3 is 0 Å². The van der Waals surface area contributed by atoms with Gasteiger partial charge in [-0.05, 0) is 30.2 Å². The molecule has 1 unspecified atom stereocenters. The molecule has 0 spiro atoms. The third-order valence-corrected chi connectivity index (χ3v) is 4.22. The molecule has 0 saturated heterocycles. The first kappa shape index (κ1) is 23.9. The van der Waals surface area contributed by atoms with E-state index in [-0.39, 0.29) is 42.4 Å². The number of aliphatic imine (C=N–C) groups is 1. The number of rotatable bonds is 8. The Labute approximate surface area is 183 Å². The molecule has 7 heteroatoms. The van der Waals surface area contributed by atoms with Gasteiger partial charge in [-0.2, -0.15) is 0 Å². The Morgan fingerprint density at radius 2 is 1.82 bits per heavy atom.